The van der Waals surface area contributed by atoms with E-state index in [-0.39, 0.29) is 6.04 Å². The lowest BCUT2D eigenvalue weighted by atomic mass is 10.2. The summed E-state index contributed by atoms with van der Waals surface area (Å²) in [5.74, 6) is 0.813. The van der Waals surface area contributed by atoms with E-state index in [1.54, 1.807) is 6.20 Å². The Bertz CT molecular complexity index is 276. The number of nitrogens with zero attached hydrogens (tertiary/aromatic N) is 1. The Morgan fingerprint density at radius 2 is 2.21 bits per heavy atom. The van der Waals surface area contributed by atoms with Gasteiger partial charge >= 0.3 is 0 Å². The van der Waals surface area contributed by atoms with Crippen molar-refractivity contribution in [2.24, 2.45) is 5.73 Å². The number of aryl methyl sites for hydroxylation is 1. The Balaban J connectivity index is 2.50. The number of aromatic nitrogens is 1. The Hall–Kier alpha value is -1.09. The van der Waals surface area contributed by atoms with E-state index in [0.717, 1.165) is 18.6 Å². The van der Waals surface area contributed by atoms with E-state index in [1.807, 2.05) is 12.3 Å². The summed E-state index contributed by atoms with van der Waals surface area (Å²) in [5, 5.41) is 0. The molecule has 0 spiro atoms. The highest BCUT2D eigenvalue weighted by Gasteiger charge is 2.01. The first-order valence-electron chi connectivity index (χ1n) is 5.08. The topological polar surface area (TPSA) is 48.1 Å². The Kier molecular flexibility index (Phi) is 4.40. The molecule has 1 atom stereocenters. The molecule has 0 fully saturated rings. The third kappa shape index (κ3) is 3.34. The highest BCUT2D eigenvalue weighted by Crippen LogP contribution is 2.11. The Morgan fingerprint density at radius 3 is 2.86 bits per heavy atom. The molecule has 0 bridgehead atoms. The zero-order valence-corrected chi connectivity index (χ0v) is 8.86. The van der Waals surface area contributed by atoms with Crippen molar-refractivity contribution in [3.63, 3.8) is 0 Å². The molecule has 3 heteroatoms. The number of rotatable bonds is 5. The standard InChI is InChI=1S/C11H18N2O/c1-3-9-5-11(7-13-6-9)14-8-10(12)4-2/h5-7,10H,3-4,8,12H2,1-2H3/t10-/m0/s1. The average Bonchev–Trinajstić information content (AvgIpc) is 2.26. The average molecular weight is 194 g/mol. The van der Waals surface area contributed by atoms with Gasteiger partial charge in [0.05, 0.1) is 6.20 Å². The number of ether oxygens (including phenoxy) is 1. The van der Waals surface area contributed by atoms with Crippen LogP contribution in [0.4, 0.5) is 0 Å². The van der Waals surface area contributed by atoms with Gasteiger partial charge in [0.25, 0.3) is 0 Å². The second-order valence-electron chi connectivity index (χ2n) is 3.36. The molecule has 0 radical (unpaired) electrons. The van der Waals surface area contributed by atoms with Crippen molar-refractivity contribution in [3.8, 4) is 5.75 Å². The summed E-state index contributed by atoms with van der Waals surface area (Å²) in [6, 6.07) is 2.12. The van der Waals surface area contributed by atoms with E-state index >= 15 is 0 Å². The summed E-state index contributed by atoms with van der Waals surface area (Å²) in [5.41, 5.74) is 6.93. The van der Waals surface area contributed by atoms with Crippen LogP contribution in [-0.4, -0.2) is 17.6 Å². The SMILES string of the molecule is CCc1cncc(OC[C@@H](N)CC)c1. The van der Waals surface area contributed by atoms with Crippen LogP contribution in [0.2, 0.25) is 0 Å². The van der Waals surface area contributed by atoms with Crippen molar-refractivity contribution in [1.82, 2.24) is 4.98 Å². The zero-order valence-electron chi connectivity index (χ0n) is 8.86. The lowest BCUT2D eigenvalue weighted by Gasteiger charge is -2.11. The van der Waals surface area contributed by atoms with Crippen molar-refractivity contribution in [1.29, 1.82) is 0 Å². The molecule has 2 N–H and O–H groups in total. The molecule has 0 aromatic carbocycles. The molecule has 3 nitrogen and oxygen atoms in total. The van der Waals surface area contributed by atoms with Gasteiger partial charge < -0.3 is 10.5 Å². The van der Waals surface area contributed by atoms with E-state index in [1.165, 1.54) is 5.56 Å². The van der Waals surface area contributed by atoms with Gasteiger partial charge in [-0.2, -0.15) is 0 Å². The predicted molar refractivity (Wildman–Crippen MR) is 57.4 cm³/mol. The Morgan fingerprint density at radius 1 is 1.43 bits per heavy atom. The minimum Gasteiger partial charge on any atom is -0.490 e. The van der Waals surface area contributed by atoms with Gasteiger partial charge in [-0.3, -0.25) is 4.98 Å². The first-order chi connectivity index (χ1) is 6.76. The maximum Gasteiger partial charge on any atom is 0.137 e. The van der Waals surface area contributed by atoms with Gasteiger partial charge in [-0.25, -0.2) is 0 Å². The molecule has 14 heavy (non-hydrogen) atoms. The van der Waals surface area contributed by atoms with Gasteiger partial charge in [-0.15, -0.1) is 0 Å². The van der Waals surface area contributed by atoms with Gasteiger partial charge in [0.2, 0.25) is 0 Å². The van der Waals surface area contributed by atoms with Gasteiger partial charge in [0.1, 0.15) is 12.4 Å². The molecule has 1 heterocycles. The first-order valence-corrected chi connectivity index (χ1v) is 5.08. The van der Waals surface area contributed by atoms with Gasteiger partial charge in [-0.05, 0) is 24.5 Å². The van der Waals surface area contributed by atoms with Crippen LogP contribution >= 0.6 is 0 Å². The molecule has 0 saturated heterocycles. The van der Waals surface area contributed by atoms with Crippen LogP contribution in [0.15, 0.2) is 18.5 Å². The molecular weight excluding hydrogens is 176 g/mol. The number of pyridine rings is 1. The van der Waals surface area contributed by atoms with Crippen molar-refractivity contribution < 1.29 is 4.74 Å². The number of hydrogen-bond acceptors (Lipinski definition) is 3. The quantitative estimate of drug-likeness (QED) is 0.777. The summed E-state index contributed by atoms with van der Waals surface area (Å²) in [4.78, 5) is 4.09. The van der Waals surface area contributed by atoms with E-state index in [2.05, 4.69) is 18.8 Å². The van der Waals surface area contributed by atoms with Crippen LogP contribution < -0.4 is 10.5 Å². The highest BCUT2D eigenvalue weighted by atomic mass is 16.5. The van der Waals surface area contributed by atoms with Crippen molar-refractivity contribution in [2.75, 3.05) is 6.61 Å². The molecule has 78 valence electrons. The normalized spacial score (nSPS) is 12.5. The summed E-state index contributed by atoms with van der Waals surface area (Å²) in [7, 11) is 0. The first kappa shape index (κ1) is 11.0. The molecule has 0 amide bonds. The Labute approximate surface area is 85.3 Å². The molecular formula is C11H18N2O. The minimum absolute atomic E-state index is 0.111. The van der Waals surface area contributed by atoms with Gasteiger partial charge in [-0.1, -0.05) is 13.8 Å². The van der Waals surface area contributed by atoms with Crippen LogP contribution in [0, 0.1) is 0 Å². The summed E-state index contributed by atoms with van der Waals surface area (Å²) >= 11 is 0. The van der Waals surface area contributed by atoms with Crippen LogP contribution in [-0.2, 0) is 6.42 Å². The molecule has 1 rings (SSSR count). The lowest BCUT2D eigenvalue weighted by molar-refractivity contribution is 0.284. The molecule has 1 aromatic heterocycles. The zero-order chi connectivity index (χ0) is 10.4. The molecule has 0 saturated carbocycles. The molecule has 1 aromatic rings. The van der Waals surface area contributed by atoms with Gasteiger partial charge in [0, 0.05) is 12.2 Å². The third-order valence-corrected chi connectivity index (χ3v) is 2.17. The lowest BCUT2D eigenvalue weighted by Crippen LogP contribution is -2.26. The molecule has 0 aliphatic rings. The van der Waals surface area contributed by atoms with E-state index in [0.29, 0.717) is 6.61 Å². The highest BCUT2D eigenvalue weighted by molar-refractivity contribution is 5.23. The van der Waals surface area contributed by atoms with Crippen LogP contribution in [0.3, 0.4) is 0 Å². The third-order valence-electron chi connectivity index (χ3n) is 2.17. The maximum atomic E-state index is 5.75. The fourth-order valence-electron chi connectivity index (χ4n) is 1.06. The molecule has 0 unspecified atom stereocenters. The largest absolute Gasteiger partial charge is 0.490 e. The second kappa shape index (κ2) is 5.60. The van der Waals surface area contributed by atoms with Crippen LogP contribution in [0.5, 0.6) is 5.75 Å². The van der Waals surface area contributed by atoms with E-state index < -0.39 is 0 Å². The summed E-state index contributed by atoms with van der Waals surface area (Å²) in [6.45, 7) is 4.71. The monoisotopic (exact) mass is 194 g/mol. The molecule has 0 aliphatic heterocycles. The smallest absolute Gasteiger partial charge is 0.137 e. The number of nitrogens with two attached hydrogens (primary N) is 1. The molecule has 0 aliphatic carbocycles. The van der Waals surface area contributed by atoms with Crippen molar-refractivity contribution >= 4 is 0 Å². The van der Waals surface area contributed by atoms with Gasteiger partial charge in [0.15, 0.2) is 0 Å². The van der Waals surface area contributed by atoms with Crippen LogP contribution in [0.25, 0.3) is 0 Å². The fourth-order valence-corrected chi connectivity index (χ4v) is 1.06. The summed E-state index contributed by atoms with van der Waals surface area (Å²) < 4.78 is 5.51. The summed E-state index contributed by atoms with van der Waals surface area (Å²) in [6.07, 6.45) is 5.49. The van der Waals surface area contributed by atoms with Crippen molar-refractivity contribution in [3.05, 3.63) is 24.0 Å². The van der Waals surface area contributed by atoms with E-state index in [4.69, 9.17) is 10.5 Å². The number of hydrogen-bond donors (Lipinski definition) is 1. The maximum absolute atomic E-state index is 5.75. The predicted octanol–water partition coefficient (Wildman–Crippen LogP) is 1.76. The second-order valence-corrected chi connectivity index (χ2v) is 3.36. The van der Waals surface area contributed by atoms with Crippen LogP contribution in [0.1, 0.15) is 25.8 Å². The van der Waals surface area contributed by atoms with Crippen molar-refractivity contribution in [2.45, 2.75) is 32.7 Å². The fraction of sp³-hybridized carbons (Fsp3) is 0.545. The minimum atomic E-state index is 0.111. The van der Waals surface area contributed by atoms with E-state index in [9.17, 15) is 0 Å².